The van der Waals surface area contributed by atoms with Gasteiger partial charge in [0.1, 0.15) is 5.82 Å². The van der Waals surface area contributed by atoms with Gasteiger partial charge in [-0.25, -0.2) is 4.79 Å². The molecule has 0 spiro atoms. The van der Waals surface area contributed by atoms with E-state index in [9.17, 15) is 4.79 Å². The standard InChI is InChI=1S/C9H15N3O/c1-6(2)7(3)12-5-4-8(10)11-9(12)13/h4-7H,1-3H3,(H2,10,11,13). The number of nitrogen functional groups attached to an aromatic ring is 1. The van der Waals surface area contributed by atoms with E-state index in [0.717, 1.165) is 0 Å². The van der Waals surface area contributed by atoms with Gasteiger partial charge in [-0.1, -0.05) is 13.8 Å². The molecule has 1 aromatic heterocycles. The SMILES string of the molecule is CC(C)C(C)n1ccc(N)nc1=O. The van der Waals surface area contributed by atoms with Crippen LogP contribution in [-0.2, 0) is 0 Å². The zero-order chi connectivity index (χ0) is 10.0. The lowest BCUT2D eigenvalue weighted by Gasteiger charge is -2.17. The van der Waals surface area contributed by atoms with Crippen LogP contribution in [0.15, 0.2) is 17.1 Å². The van der Waals surface area contributed by atoms with Crippen LogP contribution in [0.25, 0.3) is 0 Å². The number of nitrogens with zero attached hydrogens (tertiary/aromatic N) is 2. The number of rotatable bonds is 2. The summed E-state index contributed by atoms with van der Waals surface area (Å²) in [5.41, 5.74) is 5.10. The Hall–Kier alpha value is -1.32. The Morgan fingerprint density at radius 1 is 1.46 bits per heavy atom. The van der Waals surface area contributed by atoms with Crippen molar-refractivity contribution in [2.75, 3.05) is 5.73 Å². The van der Waals surface area contributed by atoms with Gasteiger partial charge in [0.2, 0.25) is 0 Å². The first kappa shape index (κ1) is 9.77. The van der Waals surface area contributed by atoms with E-state index in [-0.39, 0.29) is 17.5 Å². The molecule has 0 bridgehead atoms. The molecule has 13 heavy (non-hydrogen) atoms. The minimum atomic E-state index is -0.277. The summed E-state index contributed by atoms with van der Waals surface area (Å²) in [6, 6.07) is 1.79. The maximum Gasteiger partial charge on any atom is 0.349 e. The highest BCUT2D eigenvalue weighted by Gasteiger charge is 2.10. The van der Waals surface area contributed by atoms with E-state index in [0.29, 0.717) is 5.92 Å². The lowest BCUT2D eigenvalue weighted by atomic mass is 10.1. The van der Waals surface area contributed by atoms with Gasteiger partial charge in [-0.2, -0.15) is 4.98 Å². The molecule has 0 fully saturated rings. The first-order valence-corrected chi connectivity index (χ1v) is 4.37. The summed E-state index contributed by atoms with van der Waals surface area (Å²) >= 11 is 0. The van der Waals surface area contributed by atoms with E-state index >= 15 is 0 Å². The molecule has 0 aliphatic carbocycles. The molecule has 0 saturated heterocycles. The highest BCUT2D eigenvalue weighted by molar-refractivity contribution is 5.23. The lowest BCUT2D eigenvalue weighted by Crippen LogP contribution is -2.28. The Kier molecular flexibility index (Phi) is 2.70. The van der Waals surface area contributed by atoms with Gasteiger partial charge >= 0.3 is 5.69 Å². The summed E-state index contributed by atoms with van der Waals surface area (Å²) in [6.07, 6.45) is 1.69. The van der Waals surface area contributed by atoms with E-state index in [2.05, 4.69) is 18.8 Å². The van der Waals surface area contributed by atoms with Crippen molar-refractivity contribution in [3.63, 3.8) is 0 Å². The minimum Gasteiger partial charge on any atom is -0.383 e. The molecular formula is C9H15N3O. The van der Waals surface area contributed by atoms with Crippen molar-refractivity contribution in [3.05, 3.63) is 22.7 Å². The smallest absolute Gasteiger partial charge is 0.349 e. The van der Waals surface area contributed by atoms with E-state index in [1.54, 1.807) is 16.8 Å². The van der Waals surface area contributed by atoms with Crippen molar-refractivity contribution < 1.29 is 0 Å². The molecule has 1 atom stereocenters. The van der Waals surface area contributed by atoms with Crippen LogP contribution in [0.2, 0.25) is 0 Å². The normalized spacial score (nSPS) is 13.2. The van der Waals surface area contributed by atoms with Crippen molar-refractivity contribution in [1.82, 2.24) is 9.55 Å². The molecular weight excluding hydrogens is 166 g/mol. The molecule has 0 aliphatic heterocycles. The van der Waals surface area contributed by atoms with E-state index in [4.69, 9.17) is 5.73 Å². The van der Waals surface area contributed by atoms with Crippen LogP contribution in [0.4, 0.5) is 5.82 Å². The fourth-order valence-electron chi connectivity index (χ4n) is 1.06. The first-order valence-electron chi connectivity index (χ1n) is 4.37. The molecule has 0 radical (unpaired) electrons. The van der Waals surface area contributed by atoms with Gasteiger partial charge in [0, 0.05) is 12.2 Å². The Balaban J connectivity index is 3.09. The molecule has 1 rings (SSSR count). The number of hydrogen-bond acceptors (Lipinski definition) is 3. The molecule has 0 amide bonds. The number of nitrogens with two attached hydrogens (primary N) is 1. The highest BCUT2D eigenvalue weighted by atomic mass is 16.1. The monoisotopic (exact) mass is 181 g/mol. The molecule has 1 unspecified atom stereocenters. The van der Waals surface area contributed by atoms with Crippen LogP contribution in [0, 0.1) is 5.92 Å². The summed E-state index contributed by atoms with van der Waals surface area (Å²) in [6.45, 7) is 6.12. The minimum absolute atomic E-state index is 0.153. The number of anilines is 1. The Morgan fingerprint density at radius 3 is 2.54 bits per heavy atom. The van der Waals surface area contributed by atoms with Gasteiger partial charge in [-0.05, 0) is 18.9 Å². The van der Waals surface area contributed by atoms with Crippen molar-refractivity contribution in [2.24, 2.45) is 5.92 Å². The van der Waals surface area contributed by atoms with E-state index in [1.807, 2.05) is 6.92 Å². The predicted molar refractivity (Wildman–Crippen MR) is 52.5 cm³/mol. The van der Waals surface area contributed by atoms with Crippen LogP contribution in [0.3, 0.4) is 0 Å². The molecule has 0 aromatic carbocycles. The third kappa shape index (κ3) is 2.08. The Morgan fingerprint density at radius 2 is 2.08 bits per heavy atom. The van der Waals surface area contributed by atoms with Crippen LogP contribution in [-0.4, -0.2) is 9.55 Å². The second-order valence-electron chi connectivity index (χ2n) is 3.53. The molecule has 0 aliphatic rings. The highest BCUT2D eigenvalue weighted by Crippen LogP contribution is 2.13. The second-order valence-corrected chi connectivity index (χ2v) is 3.53. The van der Waals surface area contributed by atoms with Gasteiger partial charge in [0.05, 0.1) is 0 Å². The fraction of sp³-hybridized carbons (Fsp3) is 0.556. The number of aromatic nitrogens is 2. The zero-order valence-electron chi connectivity index (χ0n) is 8.19. The predicted octanol–water partition coefficient (Wildman–Crippen LogP) is 1.04. The van der Waals surface area contributed by atoms with Gasteiger partial charge in [0.25, 0.3) is 0 Å². The van der Waals surface area contributed by atoms with E-state index in [1.165, 1.54) is 0 Å². The molecule has 72 valence electrons. The molecule has 2 N–H and O–H groups in total. The zero-order valence-corrected chi connectivity index (χ0v) is 8.19. The van der Waals surface area contributed by atoms with Gasteiger partial charge < -0.3 is 5.73 Å². The quantitative estimate of drug-likeness (QED) is 0.741. The summed E-state index contributed by atoms with van der Waals surface area (Å²) < 4.78 is 1.60. The average Bonchev–Trinajstić information content (AvgIpc) is 2.03. The van der Waals surface area contributed by atoms with Gasteiger partial charge in [0.15, 0.2) is 0 Å². The first-order chi connectivity index (χ1) is 6.02. The maximum absolute atomic E-state index is 11.4. The summed E-state index contributed by atoms with van der Waals surface area (Å²) in [5.74, 6) is 0.681. The average molecular weight is 181 g/mol. The molecule has 0 saturated carbocycles. The van der Waals surface area contributed by atoms with Gasteiger partial charge in [-0.15, -0.1) is 0 Å². The second kappa shape index (κ2) is 3.60. The van der Waals surface area contributed by atoms with Crippen LogP contribution >= 0.6 is 0 Å². The summed E-state index contributed by atoms with van der Waals surface area (Å²) in [4.78, 5) is 15.0. The third-order valence-corrected chi connectivity index (χ3v) is 2.26. The van der Waals surface area contributed by atoms with E-state index < -0.39 is 0 Å². The summed E-state index contributed by atoms with van der Waals surface area (Å²) in [5, 5.41) is 0. The Labute approximate surface area is 77.4 Å². The van der Waals surface area contributed by atoms with Crippen LogP contribution in [0.1, 0.15) is 26.8 Å². The van der Waals surface area contributed by atoms with Crippen molar-refractivity contribution in [1.29, 1.82) is 0 Å². The third-order valence-electron chi connectivity index (χ3n) is 2.26. The fourth-order valence-corrected chi connectivity index (χ4v) is 1.06. The molecule has 1 aromatic rings. The molecule has 4 heteroatoms. The lowest BCUT2D eigenvalue weighted by molar-refractivity contribution is 0.393. The molecule has 1 heterocycles. The van der Waals surface area contributed by atoms with Crippen LogP contribution < -0.4 is 11.4 Å². The van der Waals surface area contributed by atoms with Crippen molar-refractivity contribution in [2.45, 2.75) is 26.8 Å². The van der Waals surface area contributed by atoms with Gasteiger partial charge in [-0.3, -0.25) is 4.57 Å². The Bertz CT molecular complexity index is 343. The number of hydrogen-bond donors (Lipinski definition) is 1. The maximum atomic E-state index is 11.4. The molecule has 4 nitrogen and oxygen atoms in total. The van der Waals surface area contributed by atoms with Crippen LogP contribution in [0.5, 0.6) is 0 Å². The van der Waals surface area contributed by atoms with Crippen molar-refractivity contribution in [3.8, 4) is 0 Å². The summed E-state index contributed by atoms with van der Waals surface area (Å²) in [7, 11) is 0. The largest absolute Gasteiger partial charge is 0.383 e. The van der Waals surface area contributed by atoms with Crippen molar-refractivity contribution >= 4 is 5.82 Å². The topological polar surface area (TPSA) is 60.9 Å².